The predicted octanol–water partition coefficient (Wildman–Crippen LogP) is 1.04. The fraction of sp³-hybridized carbons (Fsp3) is 0.444. The van der Waals surface area contributed by atoms with Crippen molar-refractivity contribution in [2.45, 2.75) is 12.8 Å². The van der Waals surface area contributed by atoms with E-state index in [1.807, 2.05) is 0 Å². The van der Waals surface area contributed by atoms with Crippen LogP contribution < -0.4 is 0 Å². The molecule has 1 aromatic rings. The first kappa shape index (κ1) is 17.4. The van der Waals surface area contributed by atoms with Crippen LogP contribution in [0.1, 0.15) is 33.6 Å². The number of fused-ring (bicyclic) bond motifs is 1. The van der Waals surface area contributed by atoms with E-state index in [4.69, 9.17) is 4.74 Å². The van der Waals surface area contributed by atoms with Gasteiger partial charge in [0.2, 0.25) is 21.6 Å². The molecule has 0 atom stereocenters. The molecule has 4 rings (SSSR count). The maximum Gasteiger partial charge on any atom is 0.249 e. The first-order valence-electron chi connectivity index (χ1n) is 8.77. The molecule has 2 saturated heterocycles. The molecule has 8 heteroatoms. The lowest BCUT2D eigenvalue weighted by Gasteiger charge is -2.34. The number of hydrogen-bond acceptors (Lipinski definition) is 6. The number of sulfonamides is 1. The van der Waals surface area contributed by atoms with E-state index >= 15 is 0 Å². The SMILES string of the molecule is O=C1C(N2CCOCC2)=C(S(=O)(=O)N2CCCC2)C(=O)c2ccccc21. The normalized spacial score (nSPS) is 22.1. The molecule has 138 valence electrons. The first-order chi connectivity index (χ1) is 12.5. The monoisotopic (exact) mass is 376 g/mol. The van der Waals surface area contributed by atoms with E-state index in [9.17, 15) is 18.0 Å². The van der Waals surface area contributed by atoms with Crippen LogP contribution in [0, 0.1) is 0 Å². The molecular weight excluding hydrogens is 356 g/mol. The molecule has 3 aliphatic rings. The average molecular weight is 376 g/mol. The Balaban J connectivity index is 1.91. The lowest BCUT2D eigenvalue weighted by Crippen LogP contribution is -2.44. The number of morpholine rings is 1. The fourth-order valence-corrected chi connectivity index (χ4v) is 5.52. The van der Waals surface area contributed by atoms with Gasteiger partial charge < -0.3 is 9.64 Å². The lowest BCUT2D eigenvalue weighted by atomic mass is 9.91. The predicted molar refractivity (Wildman–Crippen MR) is 94.2 cm³/mol. The van der Waals surface area contributed by atoms with Crippen LogP contribution in [-0.4, -0.2) is 68.6 Å². The fourth-order valence-electron chi connectivity index (χ4n) is 3.71. The van der Waals surface area contributed by atoms with Crippen LogP contribution in [0.4, 0.5) is 0 Å². The third kappa shape index (κ3) is 2.69. The highest BCUT2D eigenvalue weighted by atomic mass is 32.2. The van der Waals surface area contributed by atoms with Crippen molar-refractivity contribution >= 4 is 21.6 Å². The molecule has 0 bridgehead atoms. The third-order valence-corrected chi connectivity index (χ3v) is 6.98. The highest BCUT2D eigenvalue weighted by molar-refractivity contribution is 7.94. The number of nitrogens with zero attached hydrogens (tertiary/aromatic N) is 2. The second kappa shape index (κ2) is 6.61. The Labute approximate surface area is 152 Å². The van der Waals surface area contributed by atoms with Crippen LogP contribution in [-0.2, 0) is 14.8 Å². The van der Waals surface area contributed by atoms with Gasteiger partial charge in [-0.2, -0.15) is 4.31 Å². The number of Topliss-reactive ketones (excluding diaryl/α,β-unsaturated/α-hetero) is 2. The number of ketones is 2. The van der Waals surface area contributed by atoms with Gasteiger partial charge in [-0.25, -0.2) is 8.42 Å². The lowest BCUT2D eigenvalue weighted by molar-refractivity contribution is 0.0498. The van der Waals surface area contributed by atoms with E-state index in [1.54, 1.807) is 23.1 Å². The maximum absolute atomic E-state index is 13.2. The van der Waals surface area contributed by atoms with Crippen LogP contribution in [0.25, 0.3) is 0 Å². The molecule has 0 amide bonds. The summed E-state index contributed by atoms with van der Waals surface area (Å²) in [7, 11) is -4.02. The molecule has 1 aliphatic carbocycles. The minimum atomic E-state index is -4.02. The topological polar surface area (TPSA) is 84.0 Å². The molecule has 0 radical (unpaired) electrons. The van der Waals surface area contributed by atoms with Gasteiger partial charge in [0.25, 0.3) is 0 Å². The highest BCUT2D eigenvalue weighted by Gasteiger charge is 2.44. The van der Waals surface area contributed by atoms with Crippen LogP contribution in [0.2, 0.25) is 0 Å². The van der Waals surface area contributed by atoms with E-state index in [0.29, 0.717) is 39.4 Å². The summed E-state index contributed by atoms with van der Waals surface area (Å²) < 4.78 is 33.1. The minimum absolute atomic E-state index is 0.00361. The van der Waals surface area contributed by atoms with Gasteiger partial charge in [-0.1, -0.05) is 24.3 Å². The molecule has 0 aromatic heterocycles. The van der Waals surface area contributed by atoms with Crippen molar-refractivity contribution in [2.75, 3.05) is 39.4 Å². The quantitative estimate of drug-likeness (QED) is 0.784. The maximum atomic E-state index is 13.2. The second-order valence-electron chi connectivity index (χ2n) is 6.59. The van der Waals surface area contributed by atoms with Gasteiger partial charge in [0.15, 0.2) is 4.91 Å². The molecule has 7 nitrogen and oxygen atoms in total. The van der Waals surface area contributed by atoms with Crippen LogP contribution in [0.5, 0.6) is 0 Å². The average Bonchev–Trinajstić information content (AvgIpc) is 3.21. The van der Waals surface area contributed by atoms with Gasteiger partial charge >= 0.3 is 0 Å². The Kier molecular flexibility index (Phi) is 4.42. The number of benzene rings is 1. The second-order valence-corrected chi connectivity index (χ2v) is 8.47. The number of carbonyl (C=O) groups excluding carboxylic acids is 2. The van der Waals surface area contributed by atoms with E-state index in [0.717, 1.165) is 12.8 Å². The molecule has 2 fully saturated rings. The van der Waals surface area contributed by atoms with Gasteiger partial charge in [0.05, 0.1) is 13.2 Å². The summed E-state index contributed by atoms with van der Waals surface area (Å²) in [6, 6.07) is 6.42. The van der Waals surface area contributed by atoms with Gasteiger partial charge in [-0.05, 0) is 12.8 Å². The van der Waals surface area contributed by atoms with Gasteiger partial charge in [-0.15, -0.1) is 0 Å². The Bertz CT molecular complexity index is 894. The molecule has 0 spiro atoms. The number of rotatable bonds is 3. The highest BCUT2D eigenvalue weighted by Crippen LogP contribution is 2.34. The zero-order chi connectivity index (χ0) is 18.3. The summed E-state index contributed by atoms with van der Waals surface area (Å²) in [6.45, 7) is 2.31. The van der Waals surface area contributed by atoms with Crippen molar-refractivity contribution in [3.05, 3.63) is 46.0 Å². The first-order valence-corrected chi connectivity index (χ1v) is 10.2. The van der Waals surface area contributed by atoms with Crippen molar-refractivity contribution in [3.8, 4) is 0 Å². The van der Waals surface area contributed by atoms with E-state index in [1.165, 1.54) is 10.4 Å². The molecule has 0 saturated carbocycles. The van der Waals surface area contributed by atoms with Crippen molar-refractivity contribution in [3.63, 3.8) is 0 Å². The summed E-state index contributed by atoms with van der Waals surface area (Å²) in [5.74, 6) is -0.992. The summed E-state index contributed by atoms with van der Waals surface area (Å²) in [4.78, 5) is 27.6. The van der Waals surface area contributed by atoms with Gasteiger partial charge in [0, 0.05) is 37.3 Å². The Morgan fingerprint density at radius 1 is 0.846 bits per heavy atom. The molecule has 0 unspecified atom stereocenters. The molecule has 2 heterocycles. The Morgan fingerprint density at radius 3 is 2.04 bits per heavy atom. The zero-order valence-electron chi connectivity index (χ0n) is 14.3. The van der Waals surface area contributed by atoms with Crippen molar-refractivity contribution < 1.29 is 22.7 Å². The molecule has 2 aliphatic heterocycles. The smallest absolute Gasteiger partial charge is 0.249 e. The van der Waals surface area contributed by atoms with E-state index < -0.39 is 21.6 Å². The Morgan fingerprint density at radius 2 is 1.42 bits per heavy atom. The third-order valence-electron chi connectivity index (χ3n) is 5.04. The van der Waals surface area contributed by atoms with Crippen LogP contribution in [0.15, 0.2) is 34.9 Å². The number of hydrogen-bond donors (Lipinski definition) is 0. The van der Waals surface area contributed by atoms with E-state index in [2.05, 4.69) is 0 Å². The largest absolute Gasteiger partial charge is 0.378 e. The van der Waals surface area contributed by atoms with Crippen LogP contribution >= 0.6 is 0 Å². The van der Waals surface area contributed by atoms with Crippen molar-refractivity contribution in [2.24, 2.45) is 0 Å². The standard InChI is InChI=1S/C18H20N2O5S/c21-16-13-5-1-2-6-14(13)17(22)18(15(16)19-9-11-25-12-10-19)26(23,24)20-7-3-4-8-20/h1-2,5-6H,3-4,7-12H2. The van der Waals surface area contributed by atoms with Gasteiger partial charge in [0.1, 0.15) is 5.70 Å². The number of allylic oxidation sites excluding steroid dienone is 2. The molecule has 1 aromatic carbocycles. The summed E-state index contributed by atoms with van der Waals surface area (Å²) >= 11 is 0. The van der Waals surface area contributed by atoms with E-state index in [-0.39, 0.29) is 21.7 Å². The van der Waals surface area contributed by atoms with Crippen molar-refractivity contribution in [1.29, 1.82) is 0 Å². The molecule has 0 N–H and O–H groups in total. The summed E-state index contributed by atoms with van der Waals surface area (Å²) in [5.41, 5.74) is 0.426. The van der Waals surface area contributed by atoms with Gasteiger partial charge in [-0.3, -0.25) is 9.59 Å². The van der Waals surface area contributed by atoms with Crippen LogP contribution in [0.3, 0.4) is 0 Å². The molecule has 26 heavy (non-hydrogen) atoms. The number of ether oxygens (including phenoxy) is 1. The molecular formula is C18H20N2O5S. The minimum Gasteiger partial charge on any atom is -0.378 e. The Hall–Kier alpha value is -2.03. The summed E-state index contributed by atoms with van der Waals surface area (Å²) in [6.07, 6.45) is 1.52. The van der Waals surface area contributed by atoms with Crippen molar-refractivity contribution in [1.82, 2.24) is 9.21 Å². The number of carbonyl (C=O) groups is 2. The summed E-state index contributed by atoms with van der Waals surface area (Å²) in [5, 5.41) is 0. The zero-order valence-corrected chi connectivity index (χ0v) is 15.1.